The van der Waals surface area contributed by atoms with Gasteiger partial charge >= 0.3 is 6.01 Å². The predicted molar refractivity (Wildman–Crippen MR) is 168 cm³/mol. The van der Waals surface area contributed by atoms with Crippen molar-refractivity contribution in [2.24, 2.45) is 0 Å². The molecule has 0 unspecified atom stereocenters. The molecule has 0 bridgehead atoms. The summed E-state index contributed by atoms with van der Waals surface area (Å²) in [6.45, 7) is 7.14. The van der Waals surface area contributed by atoms with Gasteiger partial charge in [-0.2, -0.15) is 15.2 Å². The van der Waals surface area contributed by atoms with Crippen LogP contribution in [-0.2, 0) is 4.79 Å². The van der Waals surface area contributed by atoms with Crippen molar-refractivity contribution < 1.29 is 27.4 Å². The van der Waals surface area contributed by atoms with E-state index in [1.54, 1.807) is 11.0 Å². The number of hydrogen-bond acceptors (Lipinski definition) is 9. The van der Waals surface area contributed by atoms with E-state index in [2.05, 4.69) is 21.4 Å². The molecule has 0 saturated carbocycles. The van der Waals surface area contributed by atoms with Crippen molar-refractivity contribution in [2.45, 2.75) is 56.5 Å². The van der Waals surface area contributed by atoms with E-state index in [4.69, 9.17) is 15.2 Å². The van der Waals surface area contributed by atoms with Crippen molar-refractivity contribution in [1.29, 1.82) is 5.26 Å². The van der Waals surface area contributed by atoms with E-state index in [9.17, 15) is 18.8 Å². The molecule has 3 fully saturated rings. The molecule has 5 heterocycles. The van der Waals surface area contributed by atoms with Crippen molar-refractivity contribution in [3.63, 3.8) is 0 Å². The van der Waals surface area contributed by atoms with Gasteiger partial charge in [0, 0.05) is 36.9 Å². The van der Waals surface area contributed by atoms with E-state index in [0.717, 1.165) is 30.7 Å². The second-order valence-electron chi connectivity index (χ2n) is 12.2. The average molecular weight is 649 g/mol. The number of carbonyl (C=O) groups is 1. The van der Waals surface area contributed by atoms with Crippen LogP contribution in [0.25, 0.3) is 32.1 Å². The Morgan fingerprint density at radius 3 is 2.85 bits per heavy atom. The molecule has 3 aliphatic heterocycles. The molecular weight excluding hydrogens is 617 g/mol. The van der Waals surface area contributed by atoms with Crippen LogP contribution >= 0.6 is 11.3 Å². The standard InChI is InChI=1S/C33H31F3N6O3S/c1-3-25(43)42-12-9-24(17(42)2)45-31-21-6-5-20(19-7-8-23(35)29-26(19)22(14-37)30(38)46-29)27(36)28(21)39-32(40-31)44-16-33-10-4-11-41(33)15-18(34)13-33/h3,5-8,17-18,24H,1,4,9-13,15-16,38H2,2H3/t17-,18-,24-,33+/m1/s1. The molecule has 4 atom stereocenters. The van der Waals surface area contributed by atoms with E-state index < -0.39 is 29.4 Å². The van der Waals surface area contributed by atoms with Crippen molar-refractivity contribution in [3.8, 4) is 29.1 Å². The molecule has 3 saturated heterocycles. The lowest BCUT2D eigenvalue weighted by Crippen LogP contribution is -2.43. The maximum Gasteiger partial charge on any atom is 0.320 e. The van der Waals surface area contributed by atoms with Crippen LogP contribution in [0.15, 0.2) is 36.9 Å². The molecule has 2 N–H and O–H groups in total. The number of alkyl halides is 1. The van der Waals surface area contributed by atoms with Gasteiger partial charge < -0.3 is 20.1 Å². The summed E-state index contributed by atoms with van der Waals surface area (Å²) in [5, 5.41) is 10.4. The fourth-order valence-corrected chi connectivity index (χ4v) is 8.24. The SMILES string of the molecule is C=CC(=O)N1CC[C@@H](Oc2nc(OC[C@@]34CCCN3C[C@H](F)C4)nc3c(F)c(-c4ccc(F)c5sc(N)c(C#N)c45)ccc23)[C@H]1C. The summed E-state index contributed by atoms with van der Waals surface area (Å²) in [4.78, 5) is 25.1. The Bertz CT molecular complexity index is 1950. The van der Waals surface area contributed by atoms with Gasteiger partial charge in [-0.05, 0) is 50.1 Å². The van der Waals surface area contributed by atoms with Gasteiger partial charge in [0.2, 0.25) is 11.8 Å². The molecule has 13 heteroatoms. The number of thiophene rings is 1. The quantitative estimate of drug-likeness (QED) is 0.252. The Labute approximate surface area is 267 Å². The number of hydrogen-bond donors (Lipinski definition) is 1. The Morgan fingerprint density at radius 1 is 1.26 bits per heavy atom. The third-order valence-electron chi connectivity index (χ3n) is 9.61. The van der Waals surface area contributed by atoms with Crippen molar-refractivity contribution in [2.75, 3.05) is 32.0 Å². The number of amides is 1. The lowest BCUT2D eigenvalue weighted by Gasteiger charge is -2.30. The van der Waals surface area contributed by atoms with Gasteiger partial charge in [-0.15, -0.1) is 11.3 Å². The van der Waals surface area contributed by atoms with Crippen LogP contribution in [-0.4, -0.2) is 75.8 Å². The highest BCUT2D eigenvalue weighted by molar-refractivity contribution is 7.23. The Hall–Kier alpha value is -4.41. The fourth-order valence-electron chi connectivity index (χ4n) is 7.29. The molecule has 4 aromatic rings. The number of benzene rings is 2. The number of halogens is 3. The highest BCUT2D eigenvalue weighted by atomic mass is 32.1. The summed E-state index contributed by atoms with van der Waals surface area (Å²) < 4.78 is 58.5. The summed E-state index contributed by atoms with van der Waals surface area (Å²) in [6, 6.07) is 7.33. The zero-order valence-corrected chi connectivity index (χ0v) is 25.9. The topological polar surface area (TPSA) is 118 Å². The summed E-state index contributed by atoms with van der Waals surface area (Å²) in [5.74, 6) is -1.45. The predicted octanol–water partition coefficient (Wildman–Crippen LogP) is 5.75. The number of nitrogens with two attached hydrogens (primary N) is 1. The minimum Gasteiger partial charge on any atom is -0.471 e. The second-order valence-corrected chi connectivity index (χ2v) is 13.2. The summed E-state index contributed by atoms with van der Waals surface area (Å²) in [5.41, 5.74) is 5.88. The molecule has 0 radical (unpaired) electrons. The minimum atomic E-state index is -0.956. The molecular formula is C33H31F3N6O3S. The zero-order valence-electron chi connectivity index (χ0n) is 25.1. The van der Waals surface area contributed by atoms with E-state index >= 15 is 4.39 Å². The molecule has 46 heavy (non-hydrogen) atoms. The third-order valence-corrected chi connectivity index (χ3v) is 10.6. The van der Waals surface area contributed by atoms with Gasteiger partial charge in [0.15, 0.2) is 5.82 Å². The maximum atomic E-state index is 16.7. The van der Waals surface area contributed by atoms with Crippen LogP contribution in [0, 0.1) is 23.0 Å². The number of nitrogens with zero attached hydrogens (tertiary/aromatic N) is 5. The lowest BCUT2D eigenvalue weighted by molar-refractivity contribution is -0.127. The number of fused-ring (bicyclic) bond motifs is 3. The first kappa shape index (κ1) is 30.3. The summed E-state index contributed by atoms with van der Waals surface area (Å²) >= 11 is 0.928. The van der Waals surface area contributed by atoms with Gasteiger partial charge in [-0.3, -0.25) is 9.69 Å². The van der Waals surface area contributed by atoms with Gasteiger partial charge in [-0.1, -0.05) is 18.7 Å². The third kappa shape index (κ3) is 4.82. The molecule has 2 aromatic heterocycles. The van der Waals surface area contributed by atoms with Crippen molar-refractivity contribution >= 4 is 43.2 Å². The van der Waals surface area contributed by atoms with E-state index in [-0.39, 0.29) is 73.1 Å². The summed E-state index contributed by atoms with van der Waals surface area (Å²) in [7, 11) is 0. The van der Waals surface area contributed by atoms with Gasteiger partial charge in [0.25, 0.3) is 0 Å². The van der Waals surface area contributed by atoms with Crippen LogP contribution in [0.3, 0.4) is 0 Å². The van der Waals surface area contributed by atoms with Crippen molar-refractivity contribution in [3.05, 3.63) is 54.1 Å². The Morgan fingerprint density at radius 2 is 2.07 bits per heavy atom. The van der Waals surface area contributed by atoms with Gasteiger partial charge in [0.05, 0.1) is 27.2 Å². The highest BCUT2D eigenvalue weighted by Gasteiger charge is 2.49. The maximum absolute atomic E-state index is 16.7. The number of aromatic nitrogens is 2. The minimum absolute atomic E-state index is 0.0710. The lowest BCUT2D eigenvalue weighted by atomic mass is 9.95. The number of nitrogen functional groups attached to an aromatic ring is 1. The van der Waals surface area contributed by atoms with Gasteiger partial charge in [0.1, 0.15) is 41.3 Å². The van der Waals surface area contributed by atoms with Crippen LogP contribution in [0.4, 0.5) is 18.2 Å². The number of ether oxygens (including phenoxy) is 2. The average Bonchev–Trinajstić information content (AvgIpc) is 3.78. The molecule has 2 aromatic carbocycles. The van der Waals surface area contributed by atoms with Crippen LogP contribution in [0.1, 0.15) is 38.2 Å². The zero-order chi connectivity index (χ0) is 32.3. The van der Waals surface area contributed by atoms with Crippen LogP contribution < -0.4 is 15.2 Å². The molecule has 3 aliphatic rings. The van der Waals surface area contributed by atoms with Crippen LogP contribution in [0.2, 0.25) is 0 Å². The molecule has 7 rings (SSSR count). The number of rotatable bonds is 7. The molecule has 9 nitrogen and oxygen atoms in total. The van der Waals surface area contributed by atoms with E-state index in [0.29, 0.717) is 25.9 Å². The largest absolute Gasteiger partial charge is 0.471 e. The number of anilines is 1. The van der Waals surface area contributed by atoms with E-state index in [1.165, 1.54) is 24.3 Å². The molecule has 1 amide bonds. The smallest absolute Gasteiger partial charge is 0.320 e. The first-order valence-electron chi connectivity index (χ1n) is 15.2. The number of carbonyl (C=O) groups excluding carboxylic acids is 1. The number of nitriles is 1. The van der Waals surface area contributed by atoms with Gasteiger partial charge in [-0.25, -0.2) is 13.2 Å². The highest BCUT2D eigenvalue weighted by Crippen LogP contribution is 2.44. The normalized spacial score (nSPS) is 24.4. The first-order chi connectivity index (χ1) is 22.1. The molecule has 238 valence electrons. The number of likely N-dealkylation sites (tertiary alicyclic amines) is 1. The van der Waals surface area contributed by atoms with Crippen molar-refractivity contribution in [1.82, 2.24) is 19.8 Å². The second kappa shape index (κ2) is 11.4. The van der Waals surface area contributed by atoms with Crippen LogP contribution in [0.5, 0.6) is 11.9 Å². The molecule has 0 spiro atoms. The first-order valence-corrected chi connectivity index (χ1v) is 16.0. The van der Waals surface area contributed by atoms with E-state index in [1.807, 2.05) is 13.0 Å². The summed E-state index contributed by atoms with van der Waals surface area (Å²) in [6.07, 6.45) is 2.38. The fraction of sp³-hybridized carbons (Fsp3) is 0.394. The molecule has 0 aliphatic carbocycles. The Kier molecular flexibility index (Phi) is 7.52. The Balaban J connectivity index is 1.33. The monoisotopic (exact) mass is 648 g/mol.